The molecule has 0 fully saturated rings. The molecule has 2 heterocycles. The first-order chi connectivity index (χ1) is 10.3. The van der Waals surface area contributed by atoms with E-state index in [4.69, 9.17) is 0 Å². The Hall–Kier alpha value is -2.62. The molecule has 0 aliphatic carbocycles. The molecule has 4 nitrogen and oxygen atoms in total. The van der Waals surface area contributed by atoms with Crippen molar-refractivity contribution >= 4 is 5.69 Å². The first kappa shape index (κ1) is 12.1. The second-order valence-corrected chi connectivity index (χ2v) is 5.44. The minimum Gasteiger partial charge on any atom is -0.370 e. The topological polar surface area (TPSA) is 34.0 Å². The lowest BCUT2D eigenvalue weighted by atomic mass is 9.96. The predicted octanol–water partition coefficient (Wildman–Crippen LogP) is 3.10. The van der Waals surface area contributed by atoms with Gasteiger partial charge in [0.05, 0.1) is 5.69 Å². The molecular weight excluding hydrogens is 260 g/mol. The number of benzene rings is 2. The predicted molar refractivity (Wildman–Crippen MR) is 84.0 cm³/mol. The molecular formula is C17H16N4. The van der Waals surface area contributed by atoms with Gasteiger partial charge in [-0.15, -0.1) is 5.10 Å². The van der Waals surface area contributed by atoms with Gasteiger partial charge >= 0.3 is 0 Å². The summed E-state index contributed by atoms with van der Waals surface area (Å²) >= 11 is 0. The second-order valence-electron chi connectivity index (χ2n) is 5.44. The highest BCUT2D eigenvalue weighted by Gasteiger charge is 2.23. The van der Waals surface area contributed by atoms with Gasteiger partial charge in [0.1, 0.15) is 5.69 Å². The van der Waals surface area contributed by atoms with Crippen LogP contribution >= 0.6 is 0 Å². The molecule has 0 N–H and O–H groups in total. The molecule has 1 aliphatic rings. The summed E-state index contributed by atoms with van der Waals surface area (Å²) in [5, 5.41) is 8.67. The van der Waals surface area contributed by atoms with Crippen molar-refractivity contribution in [1.82, 2.24) is 15.0 Å². The smallest absolute Gasteiger partial charge is 0.121 e. The highest BCUT2D eigenvalue weighted by atomic mass is 15.4. The van der Waals surface area contributed by atoms with Gasteiger partial charge in [-0.25, -0.2) is 4.68 Å². The summed E-state index contributed by atoms with van der Waals surface area (Å²) in [6.45, 7) is 0.864. The number of hydrogen-bond acceptors (Lipinski definition) is 3. The van der Waals surface area contributed by atoms with Crippen LogP contribution in [0.15, 0.2) is 48.5 Å². The molecule has 4 heteroatoms. The molecule has 1 aromatic heterocycles. The SMILES string of the molecule is CN1Cc2ccccc2-c2nnn(C)c2-c2ccccc21. The van der Waals surface area contributed by atoms with Crippen molar-refractivity contribution in [1.29, 1.82) is 0 Å². The van der Waals surface area contributed by atoms with Crippen LogP contribution in [0.2, 0.25) is 0 Å². The lowest BCUT2D eigenvalue weighted by Crippen LogP contribution is -2.19. The van der Waals surface area contributed by atoms with Gasteiger partial charge in [0.25, 0.3) is 0 Å². The Balaban J connectivity index is 2.11. The normalized spacial score (nSPS) is 13.0. The monoisotopic (exact) mass is 276 g/mol. The number of anilines is 1. The van der Waals surface area contributed by atoms with Crippen LogP contribution in [0.5, 0.6) is 0 Å². The Bertz CT molecular complexity index is 819. The summed E-state index contributed by atoms with van der Waals surface area (Å²) in [6.07, 6.45) is 0. The first-order valence-electron chi connectivity index (χ1n) is 7.04. The Labute approximate surface area is 123 Å². The number of aromatic nitrogens is 3. The molecule has 0 unspecified atom stereocenters. The third-order valence-corrected chi connectivity index (χ3v) is 4.08. The molecule has 0 bridgehead atoms. The van der Waals surface area contributed by atoms with E-state index in [1.54, 1.807) is 0 Å². The van der Waals surface area contributed by atoms with Gasteiger partial charge in [-0.05, 0) is 11.6 Å². The Kier molecular flexibility index (Phi) is 2.57. The fourth-order valence-electron chi connectivity index (χ4n) is 3.08. The van der Waals surface area contributed by atoms with E-state index in [9.17, 15) is 0 Å². The van der Waals surface area contributed by atoms with Gasteiger partial charge in [-0.1, -0.05) is 47.7 Å². The fourth-order valence-corrected chi connectivity index (χ4v) is 3.08. The first-order valence-corrected chi connectivity index (χ1v) is 7.04. The molecule has 2 aromatic carbocycles. The summed E-state index contributed by atoms with van der Waals surface area (Å²) in [5.41, 5.74) is 6.87. The van der Waals surface area contributed by atoms with Gasteiger partial charge < -0.3 is 4.90 Å². The van der Waals surface area contributed by atoms with Gasteiger partial charge in [-0.3, -0.25) is 0 Å². The van der Waals surface area contributed by atoms with E-state index in [1.807, 2.05) is 11.7 Å². The number of fused-ring (bicyclic) bond motifs is 5. The van der Waals surface area contributed by atoms with Crippen LogP contribution in [0, 0.1) is 0 Å². The minimum atomic E-state index is 0.864. The van der Waals surface area contributed by atoms with Crippen molar-refractivity contribution in [3.63, 3.8) is 0 Å². The zero-order valence-electron chi connectivity index (χ0n) is 12.1. The lowest BCUT2D eigenvalue weighted by Gasteiger charge is -2.26. The maximum atomic E-state index is 4.42. The number of rotatable bonds is 0. The fraction of sp³-hybridized carbons (Fsp3) is 0.176. The van der Waals surface area contributed by atoms with E-state index >= 15 is 0 Å². The Morgan fingerprint density at radius 2 is 1.62 bits per heavy atom. The van der Waals surface area contributed by atoms with Crippen molar-refractivity contribution < 1.29 is 0 Å². The van der Waals surface area contributed by atoms with Crippen LogP contribution < -0.4 is 4.90 Å². The average molecular weight is 276 g/mol. The molecule has 0 saturated carbocycles. The Morgan fingerprint density at radius 1 is 0.905 bits per heavy atom. The standard InChI is InChI=1S/C17H16N4/c1-20-11-12-7-3-4-8-13(12)16-17(21(2)19-18-16)14-9-5-6-10-15(14)20/h3-10H,11H2,1-2H3. The van der Waals surface area contributed by atoms with Gasteiger partial charge in [0.2, 0.25) is 0 Å². The quantitative estimate of drug-likeness (QED) is 0.632. The van der Waals surface area contributed by atoms with Gasteiger partial charge in [0, 0.05) is 37.5 Å². The molecule has 0 atom stereocenters. The maximum Gasteiger partial charge on any atom is 0.121 e. The van der Waals surface area contributed by atoms with E-state index in [0.717, 1.165) is 17.9 Å². The maximum absolute atomic E-state index is 4.42. The minimum absolute atomic E-state index is 0.864. The van der Waals surface area contributed by atoms with Crippen molar-refractivity contribution in [2.45, 2.75) is 6.54 Å². The zero-order chi connectivity index (χ0) is 14.4. The number of nitrogens with zero attached hydrogens (tertiary/aromatic N) is 4. The molecule has 0 saturated heterocycles. The summed E-state index contributed by atoms with van der Waals surface area (Å²) in [6, 6.07) is 16.9. The molecule has 0 radical (unpaired) electrons. The summed E-state index contributed by atoms with van der Waals surface area (Å²) in [7, 11) is 4.08. The zero-order valence-corrected chi connectivity index (χ0v) is 12.1. The van der Waals surface area contributed by atoms with Crippen LogP contribution in [0.4, 0.5) is 5.69 Å². The van der Waals surface area contributed by atoms with Gasteiger partial charge in [-0.2, -0.15) is 0 Å². The summed E-state index contributed by atoms with van der Waals surface area (Å²) in [4.78, 5) is 2.28. The van der Waals surface area contributed by atoms with Crippen molar-refractivity contribution in [3.8, 4) is 22.5 Å². The van der Waals surface area contributed by atoms with Crippen LogP contribution in [0.1, 0.15) is 5.56 Å². The van der Waals surface area contributed by atoms with E-state index in [0.29, 0.717) is 0 Å². The highest BCUT2D eigenvalue weighted by Crippen LogP contribution is 2.39. The summed E-state index contributed by atoms with van der Waals surface area (Å²) < 4.78 is 1.87. The largest absolute Gasteiger partial charge is 0.370 e. The number of para-hydroxylation sites is 1. The summed E-state index contributed by atoms with van der Waals surface area (Å²) in [5.74, 6) is 0. The third kappa shape index (κ3) is 1.76. The molecule has 21 heavy (non-hydrogen) atoms. The average Bonchev–Trinajstić information content (AvgIpc) is 2.87. The highest BCUT2D eigenvalue weighted by molar-refractivity contribution is 5.87. The van der Waals surface area contributed by atoms with Gasteiger partial charge in [0.15, 0.2) is 0 Å². The van der Waals surface area contributed by atoms with E-state index in [-0.39, 0.29) is 0 Å². The number of hydrogen-bond donors (Lipinski definition) is 0. The van der Waals surface area contributed by atoms with E-state index in [1.165, 1.54) is 22.4 Å². The second kappa shape index (κ2) is 4.45. The van der Waals surface area contributed by atoms with E-state index < -0.39 is 0 Å². The third-order valence-electron chi connectivity index (χ3n) is 4.08. The molecule has 1 aliphatic heterocycles. The van der Waals surface area contributed by atoms with E-state index in [2.05, 4.69) is 70.8 Å². The molecule has 104 valence electrons. The van der Waals surface area contributed by atoms with Crippen LogP contribution in [0.3, 0.4) is 0 Å². The Morgan fingerprint density at radius 3 is 2.48 bits per heavy atom. The van der Waals surface area contributed by atoms with Crippen molar-refractivity contribution in [2.75, 3.05) is 11.9 Å². The van der Waals surface area contributed by atoms with Crippen molar-refractivity contribution in [2.24, 2.45) is 7.05 Å². The number of aryl methyl sites for hydroxylation is 1. The molecule has 0 spiro atoms. The van der Waals surface area contributed by atoms with Crippen LogP contribution in [-0.4, -0.2) is 22.0 Å². The molecule has 3 aromatic rings. The lowest BCUT2D eigenvalue weighted by molar-refractivity contribution is 0.721. The van der Waals surface area contributed by atoms with Crippen LogP contribution in [0.25, 0.3) is 22.5 Å². The molecule has 4 rings (SSSR count). The van der Waals surface area contributed by atoms with Crippen LogP contribution in [-0.2, 0) is 13.6 Å². The molecule has 0 amide bonds. The van der Waals surface area contributed by atoms with Crippen molar-refractivity contribution in [3.05, 3.63) is 54.1 Å².